The van der Waals surface area contributed by atoms with Crippen molar-refractivity contribution in [1.29, 1.82) is 0 Å². The van der Waals surface area contributed by atoms with Gasteiger partial charge in [-0.2, -0.15) is 0 Å². The molecule has 0 amide bonds. The molecule has 0 aliphatic carbocycles. The van der Waals surface area contributed by atoms with Gasteiger partial charge in [0.2, 0.25) is 0 Å². The smallest absolute Gasteiger partial charge is 0.160 e. The zero-order valence-corrected chi connectivity index (χ0v) is 9.63. The van der Waals surface area contributed by atoms with E-state index in [0.29, 0.717) is 5.92 Å². The quantitative estimate of drug-likeness (QED) is 0.677. The molecule has 0 N–H and O–H groups in total. The first-order chi connectivity index (χ1) is 6.88. The summed E-state index contributed by atoms with van der Waals surface area (Å²) in [6.07, 6.45) is 7.36. The summed E-state index contributed by atoms with van der Waals surface area (Å²) < 4.78 is 11.5. The molecule has 0 radical (unpaired) electrons. The molecule has 0 aromatic heterocycles. The van der Waals surface area contributed by atoms with Gasteiger partial charge in [-0.3, -0.25) is 0 Å². The van der Waals surface area contributed by atoms with Gasteiger partial charge in [0.1, 0.15) is 0 Å². The van der Waals surface area contributed by atoms with Gasteiger partial charge in [0.25, 0.3) is 0 Å². The molecule has 1 fully saturated rings. The molecule has 1 atom stereocenters. The fraction of sp³-hybridized carbons (Fsp3) is 1.00. The Morgan fingerprint density at radius 1 is 1.14 bits per heavy atom. The Kier molecular flexibility index (Phi) is 6.20. The zero-order valence-electron chi connectivity index (χ0n) is 9.63. The lowest BCUT2D eigenvalue weighted by Crippen LogP contribution is -2.26. The van der Waals surface area contributed by atoms with Crippen LogP contribution in [0.3, 0.4) is 0 Å². The summed E-state index contributed by atoms with van der Waals surface area (Å²) in [7, 11) is 0. The molecule has 0 aromatic carbocycles. The summed E-state index contributed by atoms with van der Waals surface area (Å²) in [5.74, 6) is 0.605. The molecule has 0 spiro atoms. The number of ether oxygens (including phenoxy) is 2. The highest BCUT2D eigenvalue weighted by Crippen LogP contribution is 2.22. The first-order valence-corrected chi connectivity index (χ1v) is 6.11. The van der Waals surface area contributed by atoms with E-state index >= 15 is 0 Å². The molecule has 1 aliphatic heterocycles. The molecule has 1 saturated heterocycles. The van der Waals surface area contributed by atoms with Gasteiger partial charge in [-0.15, -0.1) is 0 Å². The lowest BCUT2D eigenvalue weighted by molar-refractivity contribution is -0.160. The fourth-order valence-electron chi connectivity index (χ4n) is 1.92. The van der Waals surface area contributed by atoms with Crippen LogP contribution in [-0.2, 0) is 9.47 Å². The minimum atomic E-state index is 0.0778. The van der Waals surface area contributed by atoms with Crippen LogP contribution in [-0.4, -0.2) is 19.5 Å². The Morgan fingerprint density at radius 3 is 2.29 bits per heavy atom. The number of hydrogen-bond donors (Lipinski definition) is 0. The number of hydrogen-bond acceptors (Lipinski definition) is 2. The van der Waals surface area contributed by atoms with E-state index in [0.717, 1.165) is 26.1 Å². The predicted octanol–water partition coefficient (Wildman–Crippen LogP) is 3.36. The highest BCUT2D eigenvalue weighted by atomic mass is 16.7. The molecule has 1 heterocycles. The summed E-state index contributed by atoms with van der Waals surface area (Å²) >= 11 is 0. The molecule has 1 aliphatic rings. The third-order valence-corrected chi connectivity index (χ3v) is 2.94. The van der Waals surface area contributed by atoms with E-state index in [4.69, 9.17) is 9.47 Å². The van der Waals surface area contributed by atoms with Crippen molar-refractivity contribution in [3.05, 3.63) is 0 Å². The van der Waals surface area contributed by atoms with Crippen LogP contribution >= 0.6 is 0 Å². The molecule has 0 aromatic rings. The Labute approximate surface area is 88.0 Å². The summed E-state index contributed by atoms with van der Waals surface area (Å²) in [5.41, 5.74) is 0. The molecule has 0 saturated carbocycles. The van der Waals surface area contributed by atoms with E-state index in [1.807, 2.05) is 0 Å². The molecule has 2 nitrogen and oxygen atoms in total. The highest BCUT2D eigenvalue weighted by molar-refractivity contribution is 4.63. The van der Waals surface area contributed by atoms with Crippen molar-refractivity contribution in [2.75, 3.05) is 13.2 Å². The molecule has 1 unspecified atom stereocenters. The summed E-state index contributed by atoms with van der Waals surface area (Å²) in [6, 6.07) is 0. The Hall–Kier alpha value is -0.0800. The van der Waals surface area contributed by atoms with E-state index in [2.05, 4.69) is 13.8 Å². The van der Waals surface area contributed by atoms with E-state index in [9.17, 15) is 0 Å². The van der Waals surface area contributed by atoms with E-state index in [-0.39, 0.29) is 6.29 Å². The first-order valence-electron chi connectivity index (χ1n) is 6.11. The number of rotatable bonds is 5. The normalized spacial score (nSPS) is 21.9. The van der Waals surface area contributed by atoms with Gasteiger partial charge >= 0.3 is 0 Å². The largest absolute Gasteiger partial charge is 0.352 e. The lowest BCUT2D eigenvalue weighted by atomic mass is 9.99. The molecule has 2 heteroatoms. The van der Waals surface area contributed by atoms with Gasteiger partial charge in [-0.1, -0.05) is 26.7 Å². The predicted molar refractivity (Wildman–Crippen MR) is 58.2 cm³/mol. The SMILES string of the molecule is CCCCC(CC)C1OCCCCO1. The van der Waals surface area contributed by atoms with Gasteiger partial charge in [0.05, 0.1) is 0 Å². The molecular formula is C12H24O2. The van der Waals surface area contributed by atoms with Crippen molar-refractivity contribution < 1.29 is 9.47 Å². The highest BCUT2D eigenvalue weighted by Gasteiger charge is 2.22. The fourth-order valence-corrected chi connectivity index (χ4v) is 1.92. The van der Waals surface area contributed by atoms with Crippen LogP contribution in [0.5, 0.6) is 0 Å². The average molecular weight is 200 g/mol. The molecule has 14 heavy (non-hydrogen) atoms. The Bertz CT molecular complexity index is 128. The van der Waals surface area contributed by atoms with Crippen molar-refractivity contribution in [3.63, 3.8) is 0 Å². The second kappa shape index (κ2) is 7.24. The first kappa shape index (κ1) is 12.0. The van der Waals surface area contributed by atoms with E-state index in [1.54, 1.807) is 0 Å². The third kappa shape index (κ3) is 3.97. The number of unbranched alkanes of at least 4 members (excludes halogenated alkanes) is 1. The Balaban J connectivity index is 2.32. The van der Waals surface area contributed by atoms with E-state index in [1.165, 1.54) is 25.7 Å². The van der Waals surface area contributed by atoms with Crippen LogP contribution in [0.1, 0.15) is 52.4 Å². The maximum atomic E-state index is 5.73. The van der Waals surface area contributed by atoms with Gasteiger partial charge in [-0.05, 0) is 25.7 Å². The van der Waals surface area contributed by atoms with Crippen molar-refractivity contribution in [2.24, 2.45) is 5.92 Å². The third-order valence-electron chi connectivity index (χ3n) is 2.94. The molecule has 1 rings (SSSR count). The minimum Gasteiger partial charge on any atom is -0.352 e. The molecular weight excluding hydrogens is 176 g/mol. The van der Waals surface area contributed by atoms with Gasteiger partial charge in [0.15, 0.2) is 6.29 Å². The summed E-state index contributed by atoms with van der Waals surface area (Å²) in [5, 5.41) is 0. The van der Waals surface area contributed by atoms with Crippen LogP contribution in [0, 0.1) is 5.92 Å². The van der Waals surface area contributed by atoms with Crippen LogP contribution < -0.4 is 0 Å². The van der Waals surface area contributed by atoms with Crippen LogP contribution in [0.2, 0.25) is 0 Å². The van der Waals surface area contributed by atoms with Gasteiger partial charge < -0.3 is 9.47 Å². The molecule has 84 valence electrons. The summed E-state index contributed by atoms with van der Waals surface area (Å²) in [4.78, 5) is 0. The standard InChI is InChI=1S/C12H24O2/c1-3-5-8-11(4-2)12-13-9-6-7-10-14-12/h11-12H,3-10H2,1-2H3. The van der Waals surface area contributed by atoms with Crippen LogP contribution in [0.15, 0.2) is 0 Å². The minimum absolute atomic E-state index is 0.0778. The maximum absolute atomic E-state index is 5.73. The van der Waals surface area contributed by atoms with Gasteiger partial charge in [0, 0.05) is 19.1 Å². The average Bonchev–Trinajstić information content (AvgIpc) is 2.48. The van der Waals surface area contributed by atoms with Crippen molar-refractivity contribution in [3.8, 4) is 0 Å². The van der Waals surface area contributed by atoms with Crippen LogP contribution in [0.25, 0.3) is 0 Å². The van der Waals surface area contributed by atoms with Crippen molar-refractivity contribution in [1.82, 2.24) is 0 Å². The summed E-state index contributed by atoms with van der Waals surface area (Å²) in [6.45, 7) is 6.24. The van der Waals surface area contributed by atoms with Crippen molar-refractivity contribution in [2.45, 2.75) is 58.7 Å². The van der Waals surface area contributed by atoms with Crippen LogP contribution in [0.4, 0.5) is 0 Å². The second-order valence-electron chi connectivity index (χ2n) is 4.13. The maximum Gasteiger partial charge on any atom is 0.160 e. The second-order valence-corrected chi connectivity index (χ2v) is 4.13. The van der Waals surface area contributed by atoms with Gasteiger partial charge in [-0.25, -0.2) is 0 Å². The monoisotopic (exact) mass is 200 g/mol. The van der Waals surface area contributed by atoms with Crippen molar-refractivity contribution >= 4 is 0 Å². The topological polar surface area (TPSA) is 18.5 Å². The zero-order chi connectivity index (χ0) is 10.2. The molecule has 0 bridgehead atoms. The van der Waals surface area contributed by atoms with E-state index < -0.39 is 0 Å². The Morgan fingerprint density at radius 2 is 1.79 bits per heavy atom. The lowest BCUT2D eigenvalue weighted by Gasteiger charge is -2.24.